The molecule has 0 heterocycles. The monoisotopic (exact) mass is 344 g/mol. The van der Waals surface area contributed by atoms with Crippen molar-refractivity contribution in [1.82, 2.24) is 0 Å². The number of rotatable bonds is 3. The van der Waals surface area contributed by atoms with Crippen molar-refractivity contribution < 1.29 is 0 Å². The zero-order valence-corrected chi connectivity index (χ0v) is 15.2. The molecule has 0 radical (unpaired) electrons. The summed E-state index contributed by atoms with van der Waals surface area (Å²) in [4.78, 5) is 0. The van der Waals surface area contributed by atoms with Crippen molar-refractivity contribution >= 4 is 23.0 Å². The summed E-state index contributed by atoms with van der Waals surface area (Å²) in [5, 5.41) is 0. The van der Waals surface area contributed by atoms with Crippen LogP contribution in [0.2, 0.25) is 3.36 Å². The van der Waals surface area contributed by atoms with Crippen LogP contribution in [-0.4, -0.2) is 23.0 Å². The maximum absolute atomic E-state index is 2.56. The summed E-state index contributed by atoms with van der Waals surface area (Å²) in [7, 11) is 0. The molecule has 2 fully saturated rings. The topological polar surface area (TPSA) is 0 Å². The van der Waals surface area contributed by atoms with Crippen LogP contribution in [0.1, 0.15) is 78.1 Å². The summed E-state index contributed by atoms with van der Waals surface area (Å²) < 4.78 is 0.662. The van der Waals surface area contributed by atoms with Crippen LogP contribution in [0.3, 0.4) is 0 Å². The van der Waals surface area contributed by atoms with Gasteiger partial charge in [0.1, 0.15) is 0 Å². The molecule has 0 amide bonds. The van der Waals surface area contributed by atoms with Gasteiger partial charge in [-0.3, -0.25) is 0 Å². The van der Waals surface area contributed by atoms with Crippen molar-refractivity contribution in [2.24, 2.45) is 17.8 Å². The minimum absolute atomic E-state index is 0.662. The van der Waals surface area contributed by atoms with E-state index in [-0.39, 0.29) is 0 Å². The van der Waals surface area contributed by atoms with Gasteiger partial charge in [-0.1, -0.05) is 0 Å². The number of hydrogen-bond donors (Lipinski definition) is 0. The zero-order valence-electron chi connectivity index (χ0n) is 11.9. The van der Waals surface area contributed by atoms with Crippen LogP contribution in [-0.2, 0) is 0 Å². The Bertz CT molecular complexity index is 198. The van der Waals surface area contributed by atoms with Crippen LogP contribution in [0.4, 0.5) is 0 Å². The van der Waals surface area contributed by atoms with Gasteiger partial charge in [-0.25, -0.2) is 0 Å². The summed E-state index contributed by atoms with van der Waals surface area (Å²) in [5.74, 6) is 3.22. The fourth-order valence-electron chi connectivity index (χ4n) is 4.59. The van der Waals surface area contributed by atoms with Crippen LogP contribution in [0.15, 0.2) is 0 Å². The molecule has 0 nitrogen and oxygen atoms in total. The summed E-state index contributed by atoms with van der Waals surface area (Å²) in [6.07, 6.45) is 15.3. The van der Waals surface area contributed by atoms with Crippen molar-refractivity contribution in [3.63, 3.8) is 0 Å². The molecule has 0 N–H and O–H groups in total. The van der Waals surface area contributed by atoms with Gasteiger partial charge in [-0.05, 0) is 0 Å². The average Bonchev–Trinajstić information content (AvgIpc) is 2.30. The van der Waals surface area contributed by atoms with E-state index in [9.17, 15) is 0 Å². The van der Waals surface area contributed by atoms with E-state index in [1.807, 2.05) is 0 Å². The molecule has 0 atom stereocenters. The summed E-state index contributed by atoms with van der Waals surface area (Å²) in [5.41, 5.74) is 0. The molecule has 2 aliphatic carbocycles. The second kappa shape index (κ2) is 6.31. The minimum atomic E-state index is 0.662. The third-order valence-corrected chi connectivity index (χ3v) is 6.27. The zero-order chi connectivity index (χ0) is 12.3. The Morgan fingerprint density at radius 2 is 1.12 bits per heavy atom. The standard InChI is InChI=1S/C16H29.Sb.2H/c1-13(2)16(14-9-5-3-6-10-14)15-11-7-4-8-12-15;;;/h14-16H,3-12H2,1-2H3;;;. The van der Waals surface area contributed by atoms with E-state index in [1.165, 1.54) is 61.5 Å². The Hall–Kier alpha value is 0.818. The van der Waals surface area contributed by atoms with Crippen LogP contribution in [0.5, 0.6) is 0 Å². The van der Waals surface area contributed by atoms with Crippen molar-refractivity contribution in [3.8, 4) is 0 Å². The third kappa shape index (κ3) is 3.89. The van der Waals surface area contributed by atoms with Gasteiger partial charge < -0.3 is 0 Å². The van der Waals surface area contributed by atoms with E-state index >= 15 is 0 Å². The molecule has 100 valence electrons. The summed E-state index contributed by atoms with van der Waals surface area (Å²) in [6.45, 7) is 5.12. The Labute approximate surface area is 122 Å². The predicted octanol–water partition coefficient (Wildman–Crippen LogP) is 4.59. The molecule has 0 aromatic heterocycles. The van der Waals surface area contributed by atoms with Crippen LogP contribution in [0.25, 0.3) is 0 Å². The van der Waals surface area contributed by atoms with Crippen LogP contribution < -0.4 is 0 Å². The van der Waals surface area contributed by atoms with E-state index in [0.29, 0.717) is 3.36 Å². The van der Waals surface area contributed by atoms with Crippen molar-refractivity contribution in [1.29, 1.82) is 0 Å². The molecule has 2 rings (SSSR count). The molecule has 1 heteroatoms. The van der Waals surface area contributed by atoms with E-state index in [2.05, 4.69) is 13.8 Å². The fraction of sp³-hybridized carbons (Fsp3) is 1.00. The Morgan fingerprint density at radius 1 is 0.765 bits per heavy atom. The molecule has 0 spiro atoms. The first-order chi connectivity index (χ1) is 8.09. The van der Waals surface area contributed by atoms with E-state index in [1.54, 1.807) is 25.7 Å². The van der Waals surface area contributed by atoms with Crippen molar-refractivity contribution in [2.75, 3.05) is 0 Å². The molecule has 17 heavy (non-hydrogen) atoms. The molecular weight excluding hydrogens is 314 g/mol. The van der Waals surface area contributed by atoms with Crippen LogP contribution in [0, 0.1) is 17.8 Å². The third-order valence-electron chi connectivity index (χ3n) is 5.17. The average molecular weight is 345 g/mol. The van der Waals surface area contributed by atoms with Gasteiger partial charge in [-0.15, -0.1) is 0 Å². The van der Waals surface area contributed by atoms with Gasteiger partial charge in [-0.2, -0.15) is 0 Å². The van der Waals surface area contributed by atoms with Crippen molar-refractivity contribution in [3.05, 3.63) is 0 Å². The Morgan fingerprint density at radius 3 is 1.41 bits per heavy atom. The van der Waals surface area contributed by atoms with Crippen molar-refractivity contribution in [2.45, 2.75) is 81.4 Å². The van der Waals surface area contributed by atoms with Gasteiger partial charge >= 0.3 is 122 Å². The van der Waals surface area contributed by atoms with Crippen LogP contribution >= 0.6 is 0 Å². The predicted molar refractivity (Wildman–Crippen MR) is 79.2 cm³/mol. The van der Waals surface area contributed by atoms with Gasteiger partial charge in [0.15, 0.2) is 0 Å². The second-order valence-electron chi connectivity index (χ2n) is 7.14. The Kier molecular flexibility index (Phi) is 5.29. The normalized spacial score (nSPS) is 25.4. The summed E-state index contributed by atoms with van der Waals surface area (Å²) >= 11 is 1.45. The Balaban J connectivity index is 2.06. The maximum atomic E-state index is 2.56. The fourth-order valence-corrected chi connectivity index (χ4v) is 6.14. The SMILES string of the molecule is C[C](C)([SbH2])C(C1CCCCC1)C1CCCCC1. The van der Waals surface area contributed by atoms with Gasteiger partial charge in [0.25, 0.3) is 0 Å². The molecule has 0 saturated heterocycles. The van der Waals surface area contributed by atoms with Gasteiger partial charge in [0, 0.05) is 0 Å². The second-order valence-corrected chi connectivity index (χ2v) is 11.4. The molecule has 2 saturated carbocycles. The van der Waals surface area contributed by atoms with E-state index in [4.69, 9.17) is 0 Å². The molecule has 0 aromatic carbocycles. The first-order valence-electron chi connectivity index (χ1n) is 7.88. The quantitative estimate of drug-likeness (QED) is 0.656. The molecular formula is C16H31Sb. The summed E-state index contributed by atoms with van der Waals surface area (Å²) in [6, 6.07) is 0. The van der Waals surface area contributed by atoms with Gasteiger partial charge in [0.05, 0.1) is 0 Å². The molecule has 0 bridgehead atoms. The number of hydrogen-bond acceptors (Lipinski definition) is 0. The molecule has 0 aromatic rings. The first kappa shape index (κ1) is 14.2. The van der Waals surface area contributed by atoms with E-state index in [0.717, 1.165) is 17.8 Å². The van der Waals surface area contributed by atoms with Gasteiger partial charge in [0.2, 0.25) is 0 Å². The molecule has 2 aliphatic rings. The first-order valence-corrected chi connectivity index (χ1v) is 9.52. The molecule has 0 unspecified atom stereocenters. The molecule has 0 aliphatic heterocycles. The van der Waals surface area contributed by atoms with E-state index < -0.39 is 0 Å².